The van der Waals surface area contributed by atoms with E-state index < -0.39 is 0 Å². The van der Waals surface area contributed by atoms with Crippen LogP contribution in [0.15, 0.2) is 67.0 Å². The highest BCUT2D eigenvalue weighted by molar-refractivity contribution is 7.80. The molecular formula is C20H20N4OS. The Balaban J connectivity index is 1.79. The van der Waals surface area contributed by atoms with Gasteiger partial charge in [0.15, 0.2) is 5.11 Å². The van der Waals surface area contributed by atoms with E-state index in [2.05, 4.69) is 44.2 Å². The Hall–Kier alpha value is -2.86. The van der Waals surface area contributed by atoms with Crippen molar-refractivity contribution in [2.45, 2.75) is 12.1 Å². The minimum Gasteiger partial charge on any atom is -0.497 e. The minimum absolute atomic E-state index is 0.00652. The molecule has 2 unspecified atom stereocenters. The highest BCUT2D eigenvalue weighted by Gasteiger charge is 2.39. The molecule has 26 heavy (non-hydrogen) atoms. The van der Waals surface area contributed by atoms with Crippen molar-refractivity contribution in [2.24, 2.45) is 0 Å². The molecule has 1 fully saturated rings. The number of nitrogens with one attached hydrogen (secondary N) is 1. The summed E-state index contributed by atoms with van der Waals surface area (Å²) in [5, 5.41) is 4.14. The summed E-state index contributed by atoms with van der Waals surface area (Å²) in [4.78, 5) is 6.64. The molecule has 0 aliphatic carbocycles. The molecule has 4 rings (SSSR count). The number of pyridine rings is 1. The first kappa shape index (κ1) is 16.6. The number of ether oxygens (including phenoxy) is 1. The van der Waals surface area contributed by atoms with Gasteiger partial charge in [-0.15, -0.1) is 0 Å². The second kappa shape index (κ2) is 6.80. The summed E-state index contributed by atoms with van der Waals surface area (Å²) in [6, 6.07) is 18.2. The molecule has 2 atom stereocenters. The van der Waals surface area contributed by atoms with E-state index in [0.29, 0.717) is 0 Å². The molecule has 3 heterocycles. The molecule has 1 saturated heterocycles. The lowest BCUT2D eigenvalue weighted by Crippen LogP contribution is -2.25. The van der Waals surface area contributed by atoms with Crippen LogP contribution in [0.5, 0.6) is 5.75 Å². The summed E-state index contributed by atoms with van der Waals surface area (Å²) in [5.74, 6) is 0.830. The molecule has 0 radical (unpaired) electrons. The number of benzene rings is 1. The molecule has 2 aromatic heterocycles. The van der Waals surface area contributed by atoms with Crippen LogP contribution in [0.25, 0.3) is 5.69 Å². The van der Waals surface area contributed by atoms with Crippen molar-refractivity contribution in [3.05, 3.63) is 78.4 Å². The van der Waals surface area contributed by atoms with Gasteiger partial charge in [0.1, 0.15) is 5.75 Å². The molecule has 1 N–H and O–H groups in total. The lowest BCUT2D eigenvalue weighted by molar-refractivity contribution is 0.357. The summed E-state index contributed by atoms with van der Waals surface area (Å²) in [6.45, 7) is 0. The summed E-state index contributed by atoms with van der Waals surface area (Å²) in [7, 11) is 3.70. The molecule has 0 saturated carbocycles. The minimum atomic E-state index is -0.00652. The summed E-state index contributed by atoms with van der Waals surface area (Å²) >= 11 is 5.53. The molecule has 1 aliphatic rings. The Morgan fingerprint density at radius 2 is 2.00 bits per heavy atom. The van der Waals surface area contributed by atoms with Gasteiger partial charge in [-0.05, 0) is 48.6 Å². The van der Waals surface area contributed by atoms with E-state index in [-0.39, 0.29) is 12.1 Å². The van der Waals surface area contributed by atoms with Crippen LogP contribution in [0.2, 0.25) is 0 Å². The molecular weight excluding hydrogens is 344 g/mol. The van der Waals surface area contributed by atoms with Gasteiger partial charge in [0.2, 0.25) is 0 Å². The molecule has 0 amide bonds. The monoisotopic (exact) mass is 364 g/mol. The highest BCUT2D eigenvalue weighted by atomic mass is 32.1. The van der Waals surface area contributed by atoms with Gasteiger partial charge in [0, 0.05) is 36.9 Å². The molecule has 6 heteroatoms. The number of hydrogen-bond donors (Lipinski definition) is 1. The number of methoxy groups -OCH3 is 1. The van der Waals surface area contributed by atoms with Crippen LogP contribution in [0, 0.1) is 0 Å². The zero-order chi connectivity index (χ0) is 18.1. The van der Waals surface area contributed by atoms with E-state index >= 15 is 0 Å². The second-order valence-corrected chi connectivity index (χ2v) is 6.63. The van der Waals surface area contributed by atoms with Crippen LogP contribution in [0.4, 0.5) is 0 Å². The number of hydrogen-bond acceptors (Lipinski definition) is 3. The lowest BCUT2D eigenvalue weighted by Gasteiger charge is -2.25. The van der Waals surface area contributed by atoms with Gasteiger partial charge in [-0.25, -0.2) is 0 Å². The van der Waals surface area contributed by atoms with E-state index in [0.717, 1.165) is 27.9 Å². The van der Waals surface area contributed by atoms with Gasteiger partial charge >= 0.3 is 0 Å². The van der Waals surface area contributed by atoms with Crippen LogP contribution in [0.1, 0.15) is 23.5 Å². The zero-order valence-electron chi connectivity index (χ0n) is 14.7. The Kier molecular flexibility index (Phi) is 4.34. The lowest BCUT2D eigenvalue weighted by atomic mass is 10.0. The van der Waals surface area contributed by atoms with E-state index in [9.17, 15) is 0 Å². The first-order valence-electron chi connectivity index (χ1n) is 8.45. The van der Waals surface area contributed by atoms with E-state index in [4.69, 9.17) is 17.0 Å². The fourth-order valence-electron chi connectivity index (χ4n) is 3.46. The fraction of sp³-hybridized carbons (Fsp3) is 0.200. The van der Waals surface area contributed by atoms with Crippen LogP contribution >= 0.6 is 12.2 Å². The van der Waals surface area contributed by atoms with E-state index in [1.54, 1.807) is 7.11 Å². The molecule has 1 aromatic carbocycles. The first-order chi connectivity index (χ1) is 12.7. The third-order valence-corrected chi connectivity index (χ3v) is 5.16. The second-order valence-electron chi connectivity index (χ2n) is 6.24. The highest BCUT2D eigenvalue weighted by Crippen LogP contribution is 2.38. The van der Waals surface area contributed by atoms with Crippen LogP contribution in [-0.2, 0) is 0 Å². The standard InChI is InChI=1S/C20H20N4OS/c1-23-19(18(22-20(23)26)16-9-3-4-11-21-16)17-10-6-12-24(17)14-7-5-8-15(13-14)25-2/h3-13,18-19H,1-2H3,(H,22,26). The smallest absolute Gasteiger partial charge is 0.169 e. The van der Waals surface area contributed by atoms with Crippen LogP contribution < -0.4 is 10.1 Å². The van der Waals surface area contributed by atoms with Gasteiger partial charge in [-0.1, -0.05) is 12.1 Å². The molecule has 1 aliphatic heterocycles. The van der Waals surface area contributed by atoms with Gasteiger partial charge in [-0.2, -0.15) is 0 Å². The van der Waals surface area contributed by atoms with Crippen molar-refractivity contribution in [1.82, 2.24) is 19.8 Å². The molecule has 3 aromatic rings. The fourth-order valence-corrected chi connectivity index (χ4v) is 3.70. The van der Waals surface area contributed by atoms with Gasteiger partial charge < -0.3 is 19.5 Å². The number of aromatic nitrogens is 2. The summed E-state index contributed by atoms with van der Waals surface area (Å²) < 4.78 is 7.56. The maximum Gasteiger partial charge on any atom is 0.169 e. The predicted molar refractivity (Wildman–Crippen MR) is 106 cm³/mol. The Morgan fingerprint density at radius 3 is 2.77 bits per heavy atom. The van der Waals surface area contributed by atoms with Crippen molar-refractivity contribution in [3.8, 4) is 11.4 Å². The summed E-state index contributed by atoms with van der Waals surface area (Å²) in [6.07, 6.45) is 3.88. The largest absolute Gasteiger partial charge is 0.497 e. The van der Waals surface area contributed by atoms with Crippen LogP contribution in [-0.4, -0.2) is 33.7 Å². The third kappa shape index (κ3) is 2.82. The van der Waals surface area contributed by atoms with Gasteiger partial charge in [0.25, 0.3) is 0 Å². The molecule has 5 nitrogen and oxygen atoms in total. The average Bonchev–Trinajstić information content (AvgIpc) is 3.27. The first-order valence-corrected chi connectivity index (χ1v) is 8.86. The Bertz CT molecular complexity index is 924. The van der Waals surface area contributed by atoms with Crippen molar-refractivity contribution < 1.29 is 4.74 Å². The summed E-state index contributed by atoms with van der Waals surface area (Å²) in [5.41, 5.74) is 3.17. The SMILES string of the molecule is COc1cccc(-n2cccc2C2C(c3ccccn3)NC(=S)N2C)c1. The normalized spacial score (nSPS) is 19.5. The zero-order valence-corrected chi connectivity index (χ0v) is 15.5. The van der Waals surface area contributed by atoms with Crippen molar-refractivity contribution in [1.29, 1.82) is 0 Å². The number of likely N-dealkylation sites (N-methyl/N-ethyl adjacent to an activating group) is 1. The molecule has 0 spiro atoms. The Morgan fingerprint density at radius 1 is 1.12 bits per heavy atom. The molecule has 132 valence electrons. The topological polar surface area (TPSA) is 42.3 Å². The van der Waals surface area contributed by atoms with Gasteiger partial charge in [0.05, 0.1) is 24.9 Å². The van der Waals surface area contributed by atoms with Gasteiger partial charge in [-0.3, -0.25) is 4.98 Å². The maximum absolute atomic E-state index is 5.53. The van der Waals surface area contributed by atoms with Crippen LogP contribution in [0.3, 0.4) is 0 Å². The van der Waals surface area contributed by atoms with Crippen molar-refractivity contribution in [3.63, 3.8) is 0 Å². The number of nitrogens with zero attached hydrogens (tertiary/aromatic N) is 3. The van der Waals surface area contributed by atoms with E-state index in [1.807, 2.05) is 49.6 Å². The van der Waals surface area contributed by atoms with Crippen molar-refractivity contribution >= 4 is 17.3 Å². The third-order valence-electron chi connectivity index (χ3n) is 4.75. The number of thiocarbonyl (C=S) groups is 1. The predicted octanol–water partition coefficient (Wildman–Crippen LogP) is 3.48. The van der Waals surface area contributed by atoms with E-state index in [1.165, 1.54) is 0 Å². The molecule has 0 bridgehead atoms. The van der Waals surface area contributed by atoms with Crippen molar-refractivity contribution in [2.75, 3.05) is 14.2 Å². The quantitative estimate of drug-likeness (QED) is 0.718. The Labute approximate surface area is 158 Å². The maximum atomic E-state index is 5.53. The average molecular weight is 364 g/mol. The number of rotatable bonds is 4.